The first-order valence-electron chi connectivity index (χ1n) is 6.53. The zero-order valence-electron chi connectivity index (χ0n) is 11.8. The van der Waals surface area contributed by atoms with Gasteiger partial charge in [-0.05, 0) is 31.0 Å². The Morgan fingerprint density at radius 1 is 1.38 bits per heavy atom. The van der Waals surface area contributed by atoms with Gasteiger partial charge < -0.3 is 5.11 Å². The highest BCUT2D eigenvalue weighted by atomic mass is 35.5. The van der Waals surface area contributed by atoms with Gasteiger partial charge in [0.05, 0.1) is 22.3 Å². The van der Waals surface area contributed by atoms with Gasteiger partial charge in [0.25, 0.3) is 0 Å². The number of hydrogen-bond donors (Lipinski definition) is 1. The average Bonchev–Trinajstić information content (AvgIpc) is 2.64. The molecule has 2 rings (SSSR count). The Morgan fingerprint density at radius 3 is 2.62 bits per heavy atom. The standard InChI is InChI=1S/C15H16Cl2N2O2/c1-9-14(17)13(19(2)18-9)8-11(15(20)21)6-10-4-3-5-12(16)7-10/h3-5,7,11H,6,8H2,1-2H3,(H,20,21). The predicted molar refractivity (Wildman–Crippen MR) is 82.9 cm³/mol. The molecule has 0 spiro atoms. The highest BCUT2D eigenvalue weighted by molar-refractivity contribution is 6.32. The van der Waals surface area contributed by atoms with Gasteiger partial charge in [-0.15, -0.1) is 0 Å². The summed E-state index contributed by atoms with van der Waals surface area (Å²) >= 11 is 12.1. The highest BCUT2D eigenvalue weighted by Crippen LogP contribution is 2.24. The van der Waals surface area contributed by atoms with Crippen LogP contribution in [0.2, 0.25) is 10.0 Å². The van der Waals surface area contributed by atoms with E-state index in [9.17, 15) is 9.90 Å². The molecular formula is C15H16Cl2N2O2. The maximum absolute atomic E-state index is 11.5. The highest BCUT2D eigenvalue weighted by Gasteiger charge is 2.23. The summed E-state index contributed by atoms with van der Waals surface area (Å²) in [6.45, 7) is 1.80. The Hall–Kier alpha value is -1.52. The number of halogens is 2. The molecule has 0 amide bonds. The number of aryl methyl sites for hydroxylation is 2. The van der Waals surface area contributed by atoms with E-state index in [1.807, 2.05) is 12.1 Å². The summed E-state index contributed by atoms with van der Waals surface area (Å²) in [4.78, 5) is 11.5. The second kappa shape index (κ2) is 6.50. The van der Waals surface area contributed by atoms with Gasteiger partial charge in [0, 0.05) is 18.5 Å². The van der Waals surface area contributed by atoms with E-state index in [-0.39, 0.29) is 0 Å². The third-order valence-electron chi connectivity index (χ3n) is 3.42. The van der Waals surface area contributed by atoms with E-state index in [0.717, 1.165) is 11.3 Å². The Labute approximate surface area is 133 Å². The van der Waals surface area contributed by atoms with Crippen LogP contribution in [0.5, 0.6) is 0 Å². The lowest BCUT2D eigenvalue weighted by molar-refractivity contribution is -0.141. The van der Waals surface area contributed by atoms with Crippen LogP contribution in [0, 0.1) is 12.8 Å². The summed E-state index contributed by atoms with van der Waals surface area (Å²) in [6.07, 6.45) is 0.731. The molecule has 1 heterocycles. The van der Waals surface area contributed by atoms with E-state index < -0.39 is 11.9 Å². The SMILES string of the molecule is Cc1nn(C)c(CC(Cc2cccc(Cl)c2)C(=O)O)c1Cl. The zero-order chi connectivity index (χ0) is 15.6. The number of benzene rings is 1. The van der Waals surface area contributed by atoms with E-state index >= 15 is 0 Å². The maximum atomic E-state index is 11.5. The number of carboxylic acids is 1. The number of nitrogens with zero attached hydrogens (tertiary/aromatic N) is 2. The summed E-state index contributed by atoms with van der Waals surface area (Å²) in [5, 5.41) is 14.8. The summed E-state index contributed by atoms with van der Waals surface area (Å²) in [5.74, 6) is -1.43. The lowest BCUT2D eigenvalue weighted by Gasteiger charge is -2.13. The quantitative estimate of drug-likeness (QED) is 0.914. The van der Waals surface area contributed by atoms with Gasteiger partial charge >= 0.3 is 5.97 Å². The van der Waals surface area contributed by atoms with E-state index in [0.29, 0.717) is 28.6 Å². The van der Waals surface area contributed by atoms with Crippen LogP contribution in [-0.2, 0) is 24.7 Å². The van der Waals surface area contributed by atoms with Gasteiger partial charge in [0.2, 0.25) is 0 Å². The molecule has 21 heavy (non-hydrogen) atoms. The van der Waals surface area contributed by atoms with Crippen molar-refractivity contribution in [2.24, 2.45) is 13.0 Å². The second-order valence-corrected chi connectivity index (χ2v) is 5.86. The number of rotatable bonds is 5. The molecule has 0 aliphatic heterocycles. The number of carboxylic acid groups (broad SMARTS) is 1. The van der Waals surface area contributed by atoms with Crippen molar-refractivity contribution in [3.63, 3.8) is 0 Å². The molecule has 1 atom stereocenters. The molecule has 1 aromatic heterocycles. The molecule has 0 saturated heterocycles. The van der Waals surface area contributed by atoms with Crippen LogP contribution in [0.1, 0.15) is 17.0 Å². The Kier molecular flexibility index (Phi) is 4.91. The first-order chi connectivity index (χ1) is 9.88. The minimum atomic E-state index is -0.857. The summed E-state index contributed by atoms with van der Waals surface area (Å²) in [6, 6.07) is 7.24. The van der Waals surface area contributed by atoms with Gasteiger partial charge in [0.1, 0.15) is 0 Å². The summed E-state index contributed by atoms with van der Waals surface area (Å²) in [7, 11) is 1.77. The number of hydrogen-bond acceptors (Lipinski definition) is 2. The summed E-state index contributed by atoms with van der Waals surface area (Å²) < 4.78 is 1.64. The smallest absolute Gasteiger partial charge is 0.307 e. The monoisotopic (exact) mass is 326 g/mol. The minimum Gasteiger partial charge on any atom is -0.481 e. The van der Waals surface area contributed by atoms with Crippen molar-refractivity contribution in [3.05, 3.63) is 51.3 Å². The van der Waals surface area contributed by atoms with Crippen molar-refractivity contribution in [1.82, 2.24) is 9.78 Å². The number of aromatic nitrogens is 2. The molecular weight excluding hydrogens is 311 g/mol. The van der Waals surface area contributed by atoms with E-state index in [1.54, 1.807) is 30.8 Å². The third-order valence-corrected chi connectivity index (χ3v) is 4.15. The van der Waals surface area contributed by atoms with Crippen molar-refractivity contribution < 1.29 is 9.90 Å². The Balaban J connectivity index is 2.22. The molecule has 1 unspecified atom stereocenters. The van der Waals surface area contributed by atoms with Crippen LogP contribution in [0.4, 0.5) is 0 Å². The normalized spacial score (nSPS) is 12.4. The van der Waals surface area contributed by atoms with Crippen molar-refractivity contribution in [2.75, 3.05) is 0 Å². The molecule has 0 radical (unpaired) electrons. The van der Waals surface area contributed by atoms with Gasteiger partial charge in [-0.2, -0.15) is 5.10 Å². The molecule has 4 nitrogen and oxygen atoms in total. The molecule has 0 fully saturated rings. The fraction of sp³-hybridized carbons (Fsp3) is 0.333. The lowest BCUT2D eigenvalue weighted by atomic mass is 9.94. The number of carbonyl (C=O) groups is 1. The van der Waals surface area contributed by atoms with Crippen LogP contribution in [0.15, 0.2) is 24.3 Å². The molecule has 0 saturated carbocycles. The molecule has 0 aliphatic carbocycles. The Bertz CT molecular complexity index is 668. The predicted octanol–water partition coefficient (Wildman–Crippen LogP) is 3.52. The van der Waals surface area contributed by atoms with Gasteiger partial charge in [-0.3, -0.25) is 9.48 Å². The van der Waals surface area contributed by atoms with Gasteiger partial charge in [-0.25, -0.2) is 0 Å². The maximum Gasteiger partial charge on any atom is 0.307 e. The van der Waals surface area contributed by atoms with Crippen molar-refractivity contribution >= 4 is 29.2 Å². The molecule has 0 aliphatic rings. The molecule has 0 bridgehead atoms. The van der Waals surface area contributed by atoms with Crippen LogP contribution >= 0.6 is 23.2 Å². The van der Waals surface area contributed by atoms with Crippen molar-refractivity contribution in [1.29, 1.82) is 0 Å². The van der Waals surface area contributed by atoms with Crippen LogP contribution in [0.3, 0.4) is 0 Å². The molecule has 1 N–H and O–H groups in total. The molecule has 1 aromatic carbocycles. The molecule has 6 heteroatoms. The zero-order valence-corrected chi connectivity index (χ0v) is 13.3. The van der Waals surface area contributed by atoms with Crippen LogP contribution < -0.4 is 0 Å². The first-order valence-corrected chi connectivity index (χ1v) is 7.29. The van der Waals surface area contributed by atoms with Crippen LogP contribution in [-0.4, -0.2) is 20.9 Å². The fourth-order valence-electron chi connectivity index (χ4n) is 2.33. The topological polar surface area (TPSA) is 55.1 Å². The molecule has 112 valence electrons. The third kappa shape index (κ3) is 3.77. The first kappa shape index (κ1) is 15.9. The Morgan fingerprint density at radius 2 is 2.10 bits per heavy atom. The largest absolute Gasteiger partial charge is 0.481 e. The lowest BCUT2D eigenvalue weighted by Crippen LogP contribution is -2.20. The minimum absolute atomic E-state index is 0.331. The summed E-state index contributed by atoms with van der Waals surface area (Å²) in [5.41, 5.74) is 2.34. The van der Waals surface area contributed by atoms with Gasteiger partial charge in [0.15, 0.2) is 0 Å². The second-order valence-electron chi connectivity index (χ2n) is 5.04. The van der Waals surface area contributed by atoms with Gasteiger partial charge in [-0.1, -0.05) is 35.3 Å². The van der Waals surface area contributed by atoms with E-state index in [4.69, 9.17) is 23.2 Å². The van der Waals surface area contributed by atoms with Crippen LogP contribution in [0.25, 0.3) is 0 Å². The molecule has 2 aromatic rings. The van der Waals surface area contributed by atoms with Crippen molar-refractivity contribution in [2.45, 2.75) is 19.8 Å². The van der Waals surface area contributed by atoms with E-state index in [1.165, 1.54) is 0 Å². The van der Waals surface area contributed by atoms with E-state index in [2.05, 4.69) is 5.10 Å². The number of aliphatic carboxylic acids is 1. The fourth-order valence-corrected chi connectivity index (χ4v) is 2.78. The average molecular weight is 327 g/mol. The van der Waals surface area contributed by atoms with Crippen molar-refractivity contribution in [3.8, 4) is 0 Å².